The van der Waals surface area contributed by atoms with Gasteiger partial charge in [0.1, 0.15) is 0 Å². The van der Waals surface area contributed by atoms with Gasteiger partial charge in [-0.15, -0.1) is 0 Å². The Bertz CT molecular complexity index is 624. The third kappa shape index (κ3) is 3.58. The second kappa shape index (κ2) is 7.09. The third-order valence-electron chi connectivity index (χ3n) is 4.13. The van der Waals surface area contributed by atoms with Crippen LogP contribution in [-0.4, -0.2) is 29.1 Å². The van der Waals surface area contributed by atoms with Crippen LogP contribution in [0.4, 0.5) is 0 Å². The molecule has 2 N–H and O–H groups in total. The van der Waals surface area contributed by atoms with Crippen LogP contribution in [0.25, 0.3) is 6.08 Å². The lowest BCUT2D eigenvalue weighted by Gasteiger charge is -2.31. The maximum Gasteiger partial charge on any atom is 0.0922 e. The number of fused-ring (bicyclic) bond motifs is 1. The van der Waals surface area contributed by atoms with Gasteiger partial charge in [-0.3, -0.25) is 0 Å². The van der Waals surface area contributed by atoms with E-state index in [-0.39, 0.29) is 0 Å². The fourth-order valence-corrected chi connectivity index (χ4v) is 3.40. The minimum atomic E-state index is -0.420. The summed E-state index contributed by atoms with van der Waals surface area (Å²) in [5.74, 6) is 0. The Kier molecular flexibility index (Phi) is 4.93. The fourth-order valence-electron chi connectivity index (χ4n) is 2.70. The second-order valence-corrected chi connectivity index (χ2v) is 6.55. The van der Waals surface area contributed by atoms with E-state index in [9.17, 15) is 5.11 Å². The summed E-state index contributed by atoms with van der Waals surface area (Å²) in [6, 6.07) is 10.9. The van der Waals surface area contributed by atoms with Crippen molar-refractivity contribution >= 4 is 17.4 Å². The molecule has 0 saturated heterocycles. The Hall–Kier alpha value is -1.62. The molecule has 0 amide bonds. The zero-order valence-corrected chi connectivity index (χ0v) is 13.6. The summed E-state index contributed by atoms with van der Waals surface area (Å²) in [4.78, 5) is 2.34. The van der Waals surface area contributed by atoms with Crippen molar-refractivity contribution in [3.8, 4) is 0 Å². The Morgan fingerprint density at radius 3 is 2.95 bits per heavy atom. The van der Waals surface area contributed by atoms with Crippen LogP contribution in [0.15, 0.2) is 47.3 Å². The maximum atomic E-state index is 10.1. The lowest BCUT2D eigenvalue weighted by atomic mass is 10.0. The van der Waals surface area contributed by atoms with Gasteiger partial charge in [-0.1, -0.05) is 24.3 Å². The molecule has 2 aromatic rings. The number of rotatable bonds is 6. The highest BCUT2D eigenvalue weighted by Gasteiger charge is 2.16. The molecule has 2 heterocycles. The molecule has 22 heavy (non-hydrogen) atoms. The van der Waals surface area contributed by atoms with E-state index in [2.05, 4.69) is 53.7 Å². The molecule has 0 fully saturated rings. The van der Waals surface area contributed by atoms with E-state index in [4.69, 9.17) is 0 Å². The third-order valence-corrected chi connectivity index (χ3v) is 4.83. The minimum Gasteiger partial charge on any atom is -0.387 e. The van der Waals surface area contributed by atoms with Gasteiger partial charge in [0.15, 0.2) is 0 Å². The first-order valence-electron chi connectivity index (χ1n) is 7.67. The molecule has 0 aliphatic carbocycles. The van der Waals surface area contributed by atoms with E-state index in [1.807, 2.05) is 16.8 Å². The Labute approximate surface area is 135 Å². The van der Waals surface area contributed by atoms with Gasteiger partial charge >= 0.3 is 0 Å². The number of aliphatic hydroxyl groups is 1. The van der Waals surface area contributed by atoms with Crippen LogP contribution < -0.4 is 5.32 Å². The smallest absolute Gasteiger partial charge is 0.0922 e. The van der Waals surface area contributed by atoms with Crippen molar-refractivity contribution in [2.75, 3.05) is 13.1 Å². The van der Waals surface area contributed by atoms with Gasteiger partial charge in [-0.2, -0.15) is 11.3 Å². The molecule has 116 valence electrons. The van der Waals surface area contributed by atoms with E-state index >= 15 is 0 Å². The number of nitrogens with one attached hydrogen (secondary N) is 1. The van der Waals surface area contributed by atoms with Crippen LogP contribution in [0.2, 0.25) is 0 Å². The molecule has 0 saturated carbocycles. The summed E-state index contributed by atoms with van der Waals surface area (Å²) in [5, 5.41) is 17.5. The zero-order valence-electron chi connectivity index (χ0n) is 12.8. The van der Waals surface area contributed by atoms with Crippen molar-refractivity contribution in [2.45, 2.75) is 25.6 Å². The van der Waals surface area contributed by atoms with Gasteiger partial charge in [0, 0.05) is 31.9 Å². The molecular weight excluding hydrogens is 292 g/mol. The van der Waals surface area contributed by atoms with E-state index < -0.39 is 6.10 Å². The molecule has 1 aromatic carbocycles. The summed E-state index contributed by atoms with van der Waals surface area (Å²) in [6.07, 6.45) is 3.93. The van der Waals surface area contributed by atoms with Crippen molar-refractivity contribution in [1.82, 2.24) is 10.2 Å². The van der Waals surface area contributed by atoms with Crippen molar-refractivity contribution in [2.24, 2.45) is 0 Å². The number of nitrogens with zero attached hydrogens (tertiary/aromatic N) is 1. The number of benzene rings is 1. The van der Waals surface area contributed by atoms with Crippen LogP contribution >= 0.6 is 11.3 Å². The Morgan fingerprint density at radius 1 is 1.27 bits per heavy atom. The summed E-state index contributed by atoms with van der Waals surface area (Å²) in [6.45, 7) is 4.60. The fraction of sp³-hybridized carbons (Fsp3) is 0.333. The first-order valence-corrected chi connectivity index (χ1v) is 8.61. The van der Waals surface area contributed by atoms with Crippen LogP contribution in [-0.2, 0) is 6.54 Å². The number of hydrogen-bond donors (Lipinski definition) is 2. The molecule has 3 nitrogen and oxygen atoms in total. The van der Waals surface area contributed by atoms with Crippen molar-refractivity contribution in [3.05, 3.63) is 64.0 Å². The van der Waals surface area contributed by atoms with E-state index in [0.29, 0.717) is 12.6 Å². The summed E-state index contributed by atoms with van der Waals surface area (Å²) in [5.41, 5.74) is 3.68. The maximum absolute atomic E-state index is 10.1. The predicted octanol–water partition coefficient (Wildman–Crippen LogP) is 3.25. The summed E-state index contributed by atoms with van der Waals surface area (Å²) < 4.78 is 0. The molecule has 1 aromatic heterocycles. The average Bonchev–Trinajstić information content (AvgIpc) is 3.08. The molecule has 0 radical (unpaired) electrons. The van der Waals surface area contributed by atoms with Crippen LogP contribution in [0.1, 0.15) is 29.7 Å². The van der Waals surface area contributed by atoms with E-state index in [0.717, 1.165) is 18.7 Å². The molecule has 1 aliphatic rings. The lowest BCUT2D eigenvalue weighted by Crippen LogP contribution is -2.39. The number of thiophene rings is 1. The summed E-state index contributed by atoms with van der Waals surface area (Å²) in [7, 11) is 0. The van der Waals surface area contributed by atoms with Crippen LogP contribution in [0.5, 0.6) is 0 Å². The van der Waals surface area contributed by atoms with Crippen molar-refractivity contribution in [3.63, 3.8) is 0 Å². The zero-order chi connectivity index (χ0) is 15.4. The molecule has 0 unspecified atom stereocenters. The summed E-state index contributed by atoms with van der Waals surface area (Å²) >= 11 is 1.62. The number of aliphatic hydroxyl groups excluding tert-OH is 1. The largest absolute Gasteiger partial charge is 0.387 e. The van der Waals surface area contributed by atoms with Crippen molar-refractivity contribution in [1.29, 1.82) is 0 Å². The highest BCUT2D eigenvalue weighted by Crippen LogP contribution is 2.21. The SMILES string of the molecule is C[C@H](CNC[C@@H](O)c1ccsc1)N1C=Cc2ccccc2C1. The lowest BCUT2D eigenvalue weighted by molar-refractivity contribution is 0.170. The quantitative estimate of drug-likeness (QED) is 0.859. The van der Waals surface area contributed by atoms with E-state index in [1.165, 1.54) is 11.1 Å². The Morgan fingerprint density at radius 2 is 2.14 bits per heavy atom. The van der Waals surface area contributed by atoms with Gasteiger partial charge in [-0.25, -0.2) is 0 Å². The van der Waals surface area contributed by atoms with Gasteiger partial charge < -0.3 is 15.3 Å². The molecular formula is C18H22N2OS. The van der Waals surface area contributed by atoms with Gasteiger partial charge in [0.2, 0.25) is 0 Å². The topological polar surface area (TPSA) is 35.5 Å². The highest BCUT2D eigenvalue weighted by molar-refractivity contribution is 7.07. The van der Waals surface area contributed by atoms with Crippen LogP contribution in [0, 0.1) is 0 Å². The van der Waals surface area contributed by atoms with Gasteiger partial charge in [0.25, 0.3) is 0 Å². The molecule has 0 spiro atoms. The first kappa shape index (κ1) is 15.3. The normalized spacial score (nSPS) is 16.4. The van der Waals surface area contributed by atoms with Crippen molar-refractivity contribution < 1.29 is 5.11 Å². The minimum absolute atomic E-state index is 0.388. The molecule has 1 aliphatic heterocycles. The molecule has 3 rings (SSSR count). The van der Waals surface area contributed by atoms with E-state index in [1.54, 1.807) is 11.3 Å². The highest BCUT2D eigenvalue weighted by atomic mass is 32.1. The molecule has 4 heteroatoms. The van der Waals surface area contributed by atoms with Gasteiger partial charge in [-0.05, 0) is 46.5 Å². The van der Waals surface area contributed by atoms with Crippen LogP contribution in [0.3, 0.4) is 0 Å². The Balaban J connectivity index is 1.48. The second-order valence-electron chi connectivity index (χ2n) is 5.77. The molecule has 0 bridgehead atoms. The predicted molar refractivity (Wildman–Crippen MR) is 92.6 cm³/mol. The van der Waals surface area contributed by atoms with Gasteiger partial charge in [0.05, 0.1) is 6.10 Å². The molecule has 2 atom stereocenters. The standard InChI is InChI=1S/C18H22N2OS/c1-14(10-19-11-18(21)17-7-9-22-13-17)20-8-6-15-4-2-3-5-16(15)12-20/h2-9,13-14,18-19,21H,10-12H2,1H3/t14-,18-/m1/s1. The first-order chi connectivity index (χ1) is 10.7. The monoisotopic (exact) mass is 314 g/mol. The number of hydrogen-bond acceptors (Lipinski definition) is 4. The average molecular weight is 314 g/mol.